The molecule has 0 bridgehead atoms. The maximum Gasteiger partial charge on any atom is 1.00 e. The number of carboxylic acids is 2. The Morgan fingerprint density at radius 2 is 1.91 bits per heavy atom. The van der Waals surface area contributed by atoms with Gasteiger partial charge in [-0.15, -0.1) is 0 Å². The Morgan fingerprint density at radius 1 is 1.32 bits per heavy atom. The number of nitrogens with zero attached hydrogens (tertiary/aromatic N) is 2. The van der Waals surface area contributed by atoms with Crippen LogP contribution in [-0.4, -0.2) is 40.2 Å². The smallest absolute Gasteiger partial charge is 0.548 e. The number of amides is 1. The third-order valence-electron chi connectivity index (χ3n) is 2.67. The molecule has 22 heavy (non-hydrogen) atoms. The van der Waals surface area contributed by atoms with Crippen LogP contribution in [0, 0.1) is 0 Å². The van der Waals surface area contributed by atoms with Gasteiger partial charge in [-0.25, -0.2) is 9.80 Å². The maximum absolute atomic E-state index is 12.0. The van der Waals surface area contributed by atoms with Crippen LogP contribution < -0.4 is 40.4 Å². The first-order valence-electron chi connectivity index (χ1n) is 5.79. The standard InChI is InChI=1S/C13H11N3O5.Na/c14-8-3-1-7(2-4-8)5-9-11(13(20)21)15-16(12(9)19)6-10(17)18;/h1-5H,6,14H2,(H,17,18)(H,20,21);/q;+1/p-1. The first-order chi connectivity index (χ1) is 9.88. The maximum atomic E-state index is 12.0. The van der Waals surface area contributed by atoms with Crippen molar-refractivity contribution in [3.8, 4) is 0 Å². The van der Waals surface area contributed by atoms with Crippen molar-refractivity contribution in [2.24, 2.45) is 5.10 Å². The average Bonchev–Trinajstić information content (AvgIpc) is 2.70. The van der Waals surface area contributed by atoms with E-state index in [-0.39, 0.29) is 35.1 Å². The van der Waals surface area contributed by atoms with Crippen molar-refractivity contribution >= 4 is 35.3 Å². The molecule has 1 aliphatic rings. The fourth-order valence-electron chi connectivity index (χ4n) is 1.74. The Bertz CT molecular complexity index is 681. The number of nitrogens with two attached hydrogens (primary N) is 1. The topological polar surface area (TPSA) is 136 Å². The molecule has 0 unspecified atom stereocenters. The Balaban J connectivity index is 0.00000242. The number of anilines is 1. The van der Waals surface area contributed by atoms with E-state index < -0.39 is 30.1 Å². The normalized spacial score (nSPS) is 15.5. The molecule has 1 amide bonds. The van der Waals surface area contributed by atoms with Crippen molar-refractivity contribution in [1.29, 1.82) is 0 Å². The molecule has 0 saturated heterocycles. The van der Waals surface area contributed by atoms with Gasteiger partial charge in [0.15, 0.2) is 5.71 Å². The summed E-state index contributed by atoms with van der Waals surface area (Å²) in [4.78, 5) is 33.6. The van der Waals surface area contributed by atoms with Crippen LogP contribution in [0.15, 0.2) is 34.9 Å². The van der Waals surface area contributed by atoms with Gasteiger partial charge in [-0.1, -0.05) is 12.1 Å². The zero-order chi connectivity index (χ0) is 15.6. The molecule has 3 N–H and O–H groups in total. The molecule has 0 saturated carbocycles. The summed E-state index contributed by atoms with van der Waals surface area (Å²) >= 11 is 0. The Labute approximate surface area is 147 Å². The van der Waals surface area contributed by atoms with Gasteiger partial charge in [0.05, 0.1) is 18.1 Å². The SMILES string of the molecule is Nc1ccc(C=C2C(=O)N(CC(=O)[O-])N=C2C(=O)O)cc1.[Na+]. The number of hydrazone groups is 1. The summed E-state index contributed by atoms with van der Waals surface area (Å²) < 4.78 is 0. The van der Waals surface area contributed by atoms with E-state index in [1.165, 1.54) is 6.08 Å². The minimum Gasteiger partial charge on any atom is -0.548 e. The van der Waals surface area contributed by atoms with Crippen molar-refractivity contribution in [2.75, 3.05) is 12.3 Å². The van der Waals surface area contributed by atoms with Gasteiger partial charge in [-0.05, 0) is 23.8 Å². The molecule has 0 atom stereocenters. The number of aliphatic carboxylic acids is 2. The second-order valence-electron chi connectivity index (χ2n) is 4.21. The first kappa shape index (κ1) is 17.9. The molecule has 0 aliphatic carbocycles. The largest absolute Gasteiger partial charge is 1.00 e. The first-order valence-corrected chi connectivity index (χ1v) is 5.79. The van der Waals surface area contributed by atoms with E-state index >= 15 is 0 Å². The minimum atomic E-state index is -1.54. The van der Waals surface area contributed by atoms with Gasteiger partial charge in [0, 0.05) is 5.69 Å². The summed E-state index contributed by atoms with van der Waals surface area (Å²) in [7, 11) is 0. The van der Waals surface area contributed by atoms with E-state index in [1.807, 2.05) is 0 Å². The third kappa shape index (κ3) is 3.94. The number of benzene rings is 1. The Morgan fingerprint density at radius 3 is 2.41 bits per heavy atom. The summed E-state index contributed by atoms with van der Waals surface area (Å²) in [5, 5.41) is 23.6. The molecule has 1 aromatic rings. The van der Waals surface area contributed by atoms with Crippen molar-refractivity contribution in [3.05, 3.63) is 35.4 Å². The van der Waals surface area contributed by atoms with E-state index in [0.717, 1.165) is 0 Å². The monoisotopic (exact) mass is 311 g/mol. The number of rotatable bonds is 4. The Kier molecular flexibility index (Phi) is 5.86. The fraction of sp³-hybridized carbons (Fsp3) is 0.0769. The van der Waals surface area contributed by atoms with Crippen molar-refractivity contribution in [3.63, 3.8) is 0 Å². The van der Waals surface area contributed by atoms with Crippen LogP contribution in [0.25, 0.3) is 6.08 Å². The third-order valence-corrected chi connectivity index (χ3v) is 2.67. The predicted molar refractivity (Wildman–Crippen MR) is 70.6 cm³/mol. The van der Waals surface area contributed by atoms with E-state index in [9.17, 15) is 19.5 Å². The van der Waals surface area contributed by atoms with Crippen LogP contribution in [-0.2, 0) is 14.4 Å². The molecular weight excluding hydrogens is 301 g/mol. The molecule has 1 aliphatic heterocycles. The quantitative estimate of drug-likeness (QED) is 0.328. The van der Waals surface area contributed by atoms with Crippen molar-refractivity contribution in [1.82, 2.24) is 5.01 Å². The van der Waals surface area contributed by atoms with Gasteiger partial charge in [0.2, 0.25) is 0 Å². The number of hydrogen-bond acceptors (Lipinski definition) is 6. The van der Waals surface area contributed by atoms with Crippen LogP contribution in [0.1, 0.15) is 5.56 Å². The summed E-state index contributed by atoms with van der Waals surface area (Å²) in [6.45, 7) is -0.811. The van der Waals surface area contributed by atoms with E-state index in [2.05, 4.69) is 5.10 Å². The molecule has 0 aromatic heterocycles. The number of carbonyl (C=O) groups excluding carboxylic acids is 2. The van der Waals surface area contributed by atoms with Crippen molar-refractivity contribution < 1.29 is 54.2 Å². The van der Waals surface area contributed by atoms with Gasteiger partial charge < -0.3 is 20.7 Å². The molecule has 0 fully saturated rings. The van der Waals surface area contributed by atoms with Crippen molar-refractivity contribution in [2.45, 2.75) is 0 Å². The van der Waals surface area contributed by atoms with Crippen LogP contribution in [0.3, 0.4) is 0 Å². The second-order valence-corrected chi connectivity index (χ2v) is 4.21. The molecule has 9 heteroatoms. The number of hydrogen-bond donors (Lipinski definition) is 2. The number of carbonyl (C=O) groups is 3. The molecular formula is C13H10N3NaO5. The minimum absolute atomic E-state index is 0. The van der Waals surface area contributed by atoms with E-state index in [0.29, 0.717) is 16.3 Å². The number of carboxylic acid groups (broad SMARTS) is 2. The summed E-state index contributed by atoms with van der Waals surface area (Å²) in [5.41, 5.74) is 5.87. The van der Waals surface area contributed by atoms with Gasteiger partial charge in [0.1, 0.15) is 0 Å². The predicted octanol–water partition coefficient (Wildman–Crippen LogP) is -4.31. The fourth-order valence-corrected chi connectivity index (χ4v) is 1.74. The Hall–Kier alpha value is -2.16. The zero-order valence-electron chi connectivity index (χ0n) is 11.6. The van der Waals surface area contributed by atoms with Crippen LogP contribution >= 0.6 is 0 Å². The zero-order valence-corrected chi connectivity index (χ0v) is 13.6. The van der Waals surface area contributed by atoms with Crippen LogP contribution in [0.2, 0.25) is 0 Å². The van der Waals surface area contributed by atoms with Gasteiger partial charge in [-0.2, -0.15) is 5.10 Å². The molecule has 0 spiro atoms. The van der Waals surface area contributed by atoms with Gasteiger partial charge in [-0.3, -0.25) is 4.79 Å². The molecule has 1 aromatic carbocycles. The summed E-state index contributed by atoms with van der Waals surface area (Å²) in [6.07, 6.45) is 1.31. The van der Waals surface area contributed by atoms with E-state index in [1.54, 1.807) is 24.3 Å². The molecule has 108 valence electrons. The van der Waals surface area contributed by atoms with Gasteiger partial charge >= 0.3 is 35.5 Å². The molecule has 8 nitrogen and oxygen atoms in total. The van der Waals surface area contributed by atoms with Crippen LogP contribution in [0.5, 0.6) is 0 Å². The van der Waals surface area contributed by atoms with Crippen LogP contribution in [0.4, 0.5) is 5.69 Å². The molecule has 1 heterocycles. The number of nitrogen functional groups attached to an aromatic ring is 1. The summed E-state index contributed by atoms with van der Waals surface area (Å²) in [5.74, 6) is -3.77. The second kappa shape index (κ2) is 7.21. The summed E-state index contributed by atoms with van der Waals surface area (Å²) in [6, 6.07) is 6.36. The van der Waals surface area contributed by atoms with Gasteiger partial charge in [0.25, 0.3) is 5.91 Å². The molecule has 0 radical (unpaired) electrons. The average molecular weight is 311 g/mol. The van der Waals surface area contributed by atoms with E-state index in [4.69, 9.17) is 10.8 Å². The molecule has 2 rings (SSSR count).